The fraction of sp³-hybridized carbons (Fsp3) is 0.0500. The van der Waals surface area contributed by atoms with Crippen molar-refractivity contribution in [2.24, 2.45) is 7.05 Å². The number of nitro benzene ring substituents is 1. The second-order valence-electron chi connectivity index (χ2n) is 6.35. The van der Waals surface area contributed by atoms with E-state index in [0.717, 1.165) is 10.1 Å². The molecule has 1 N–H and O–H groups in total. The molecule has 0 spiro atoms. The first-order chi connectivity index (χ1) is 14.5. The molecule has 4 rings (SSSR count). The molecular formula is C20H16N6O3S. The summed E-state index contributed by atoms with van der Waals surface area (Å²) in [5.74, 6) is -0.298. The van der Waals surface area contributed by atoms with Crippen LogP contribution in [0, 0.1) is 10.1 Å². The zero-order valence-corrected chi connectivity index (χ0v) is 16.6. The molecule has 0 bridgehead atoms. The van der Waals surface area contributed by atoms with Crippen LogP contribution in [0.15, 0.2) is 83.4 Å². The van der Waals surface area contributed by atoms with Gasteiger partial charge < -0.3 is 9.88 Å². The highest BCUT2D eigenvalue weighted by atomic mass is 32.2. The lowest BCUT2D eigenvalue weighted by Gasteiger charge is -2.05. The van der Waals surface area contributed by atoms with Crippen molar-refractivity contribution in [3.63, 3.8) is 0 Å². The van der Waals surface area contributed by atoms with Crippen molar-refractivity contribution in [3.8, 4) is 5.69 Å². The summed E-state index contributed by atoms with van der Waals surface area (Å²) in [5, 5.41) is 18.6. The number of aromatic nitrogens is 4. The quantitative estimate of drug-likeness (QED) is 0.374. The molecule has 150 valence electrons. The predicted octanol–water partition coefficient (Wildman–Crippen LogP) is 3.92. The van der Waals surface area contributed by atoms with Crippen LogP contribution in [0.2, 0.25) is 0 Å². The average Bonchev–Trinajstić information content (AvgIpc) is 3.39. The molecule has 10 heteroatoms. The van der Waals surface area contributed by atoms with Crippen LogP contribution < -0.4 is 5.32 Å². The number of anilines is 1. The molecule has 1 amide bonds. The Bertz CT molecular complexity index is 1200. The highest BCUT2D eigenvalue weighted by Gasteiger charge is 2.11. The minimum Gasteiger partial charge on any atom is -0.329 e. The number of hydrogen-bond acceptors (Lipinski definition) is 6. The Morgan fingerprint density at radius 3 is 2.50 bits per heavy atom. The van der Waals surface area contributed by atoms with Gasteiger partial charge in [0.1, 0.15) is 0 Å². The van der Waals surface area contributed by atoms with Gasteiger partial charge >= 0.3 is 0 Å². The molecule has 2 aromatic carbocycles. The molecule has 0 aliphatic rings. The van der Waals surface area contributed by atoms with Crippen molar-refractivity contribution in [1.29, 1.82) is 0 Å². The second kappa shape index (κ2) is 8.21. The fourth-order valence-electron chi connectivity index (χ4n) is 2.67. The molecule has 0 radical (unpaired) electrons. The van der Waals surface area contributed by atoms with Gasteiger partial charge in [-0.2, -0.15) is 5.10 Å². The van der Waals surface area contributed by atoms with Crippen LogP contribution in [0.1, 0.15) is 10.4 Å². The number of carbonyl (C=O) groups excluding carboxylic acids is 1. The van der Waals surface area contributed by atoms with Gasteiger partial charge in [0.25, 0.3) is 11.6 Å². The summed E-state index contributed by atoms with van der Waals surface area (Å²) in [4.78, 5) is 28.1. The number of rotatable bonds is 6. The van der Waals surface area contributed by atoms with E-state index in [1.165, 1.54) is 34.8 Å². The number of benzene rings is 2. The van der Waals surface area contributed by atoms with E-state index in [1.807, 2.05) is 42.1 Å². The van der Waals surface area contributed by atoms with Crippen molar-refractivity contribution in [3.05, 3.63) is 89.0 Å². The van der Waals surface area contributed by atoms with E-state index < -0.39 is 4.92 Å². The maximum Gasteiger partial charge on any atom is 0.269 e. The number of aryl methyl sites for hydroxylation is 1. The number of imidazole rings is 1. The Hall–Kier alpha value is -3.92. The molecule has 0 atom stereocenters. The van der Waals surface area contributed by atoms with Gasteiger partial charge in [-0.25, -0.2) is 9.67 Å². The summed E-state index contributed by atoms with van der Waals surface area (Å²) in [5.41, 5.74) is 1.65. The van der Waals surface area contributed by atoms with Crippen LogP contribution in [0.4, 0.5) is 11.4 Å². The fourth-order valence-corrected chi connectivity index (χ4v) is 3.48. The Morgan fingerprint density at radius 2 is 1.87 bits per heavy atom. The Kier molecular flexibility index (Phi) is 5.31. The maximum absolute atomic E-state index is 12.5. The lowest BCUT2D eigenvalue weighted by Crippen LogP contribution is -2.10. The summed E-state index contributed by atoms with van der Waals surface area (Å²) in [6.07, 6.45) is 6.64. The summed E-state index contributed by atoms with van der Waals surface area (Å²) < 4.78 is 3.42. The molecule has 0 fully saturated rings. The SMILES string of the molecule is Cn1ccnc1Sc1ccc(NC(=O)c2cnn(-c3ccc([N+](=O)[O-])cc3)c2)cc1. The summed E-state index contributed by atoms with van der Waals surface area (Å²) in [7, 11) is 1.93. The summed E-state index contributed by atoms with van der Waals surface area (Å²) >= 11 is 1.53. The van der Waals surface area contributed by atoms with E-state index in [0.29, 0.717) is 16.9 Å². The summed E-state index contributed by atoms with van der Waals surface area (Å²) in [6, 6.07) is 13.4. The van der Waals surface area contributed by atoms with Crippen molar-refractivity contribution < 1.29 is 9.72 Å². The number of hydrogen-bond donors (Lipinski definition) is 1. The minimum absolute atomic E-state index is 0.00612. The number of non-ortho nitro benzene ring substituents is 1. The van der Waals surface area contributed by atoms with E-state index in [9.17, 15) is 14.9 Å². The number of nitro groups is 1. The first kappa shape index (κ1) is 19.4. The first-order valence-electron chi connectivity index (χ1n) is 8.86. The van der Waals surface area contributed by atoms with Gasteiger partial charge in [-0.3, -0.25) is 14.9 Å². The van der Waals surface area contributed by atoms with Gasteiger partial charge in [0.05, 0.1) is 22.4 Å². The Morgan fingerprint density at radius 1 is 1.13 bits per heavy atom. The van der Waals surface area contributed by atoms with Gasteiger partial charge in [0, 0.05) is 48.4 Å². The van der Waals surface area contributed by atoms with E-state index >= 15 is 0 Å². The lowest BCUT2D eigenvalue weighted by atomic mass is 10.2. The molecular weight excluding hydrogens is 404 g/mol. The summed E-state index contributed by atoms with van der Waals surface area (Å²) in [6.45, 7) is 0. The van der Waals surface area contributed by atoms with Crippen molar-refractivity contribution in [1.82, 2.24) is 19.3 Å². The molecule has 30 heavy (non-hydrogen) atoms. The van der Waals surface area contributed by atoms with Gasteiger partial charge in [0.2, 0.25) is 0 Å². The predicted molar refractivity (Wildman–Crippen MR) is 112 cm³/mol. The number of nitrogens with one attached hydrogen (secondary N) is 1. The lowest BCUT2D eigenvalue weighted by molar-refractivity contribution is -0.384. The smallest absolute Gasteiger partial charge is 0.269 e. The maximum atomic E-state index is 12.5. The second-order valence-corrected chi connectivity index (χ2v) is 7.39. The first-order valence-corrected chi connectivity index (χ1v) is 9.67. The van der Waals surface area contributed by atoms with Crippen LogP contribution in [0.25, 0.3) is 5.69 Å². The third-order valence-electron chi connectivity index (χ3n) is 4.27. The van der Waals surface area contributed by atoms with E-state index in [4.69, 9.17) is 0 Å². The molecule has 0 aliphatic carbocycles. The Balaban J connectivity index is 1.41. The normalized spacial score (nSPS) is 10.7. The number of nitrogens with zero attached hydrogens (tertiary/aromatic N) is 5. The number of amides is 1. The molecule has 0 aliphatic heterocycles. The molecule has 9 nitrogen and oxygen atoms in total. The van der Waals surface area contributed by atoms with Crippen molar-refractivity contribution >= 4 is 29.0 Å². The number of carbonyl (C=O) groups is 1. The van der Waals surface area contributed by atoms with E-state index in [2.05, 4.69) is 15.4 Å². The van der Waals surface area contributed by atoms with Gasteiger partial charge in [-0.1, -0.05) is 11.8 Å². The molecule has 0 saturated heterocycles. The molecule has 2 heterocycles. The zero-order valence-electron chi connectivity index (χ0n) is 15.8. The third kappa shape index (κ3) is 4.23. The van der Waals surface area contributed by atoms with Gasteiger partial charge in [0.15, 0.2) is 5.16 Å². The van der Waals surface area contributed by atoms with E-state index in [1.54, 1.807) is 24.5 Å². The van der Waals surface area contributed by atoms with Crippen LogP contribution in [-0.2, 0) is 7.05 Å². The van der Waals surface area contributed by atoms with Crippen LogP contribution >= 0.6 is 11.8 Å². The molecule has 0 saturated carbocycles. The molecule has 0 unspecified atom stereocenters. The zero-order chi connectivity index (χ0) is 21.1. The van der Waals surface area contributed by atoms with Crippen molar-refractivity contribution in [2.75, 3.05) is 5.32 Å². The average molecular weight is 420 g/mol. The highest BCUT2D eigenvalue weighted by Crippen LogP contribution is 2.27. The van der Waals surface area contributed by atoms with Gasteiger partial charge in [-0.05, 0) is 36.4 Å². The minimum atomic E-state index is -0.466. The highest BCUT2D eigenvalue weighted by molar-refractivity contribution is 7.99. The monoisotopic (exact) mass is 420 g/mol. The third-order valence-corrected chi connectivity index (χ3v) is 5.35. The molecule has 4 aromatic rings. The van der Waals surface area contributed by atoms with Crippen molar-refractivity contribution in [2.45, 2.75) is 10.1 Å². The van der Waals surface area contributed by atoms with Crippen LogP contribution in [0.3, 0.4) is 0 Å². The largest absolute Gasteiger partial charge is 0.329 e. The topological polar surface area (TPSA) is 108 Å². The van der Waals surface area contributed by atoms with E-state index in [-0.39, 0.29) is 11.6 Å². The van der Waals surface area contributed by atoms with Gasteiger partial charge in [-0.15, -0.1) is 0 Å². The molecule has 2 aromatic heterocycles. The van der Waals surface area contributed by atoms with Crippen LogP contribution in [0.5, 0.6) is 0 Å². The standard InChI is InChI=1S/C20H16N6O3S/c1-24-11-10-21-20(24)30-18-8-2-15(3-9-18)23-19(27)14-12-22-25(13-14)16-4-6-17(7-5-16)26(28)29/h2-13H,1H3,(H,23,27). The van der Waals surface area contributed by atoms with Crippen LogP contribution in [-0.4, -0.2) is 30.2 Å². The Labute approximate surface area is 175 Å².